The first-order valence-corrected chi connectivity index (χ1v) is 9.19. The molecule has 0 aromatic carbocycles. The van der Waals surface area contributed by atoms with Gasteiger partial charge < -0.3 is 5.32 Å². The van der Waals surface area contributed by atoms with E-state index in [9.17, 15) is 13.2 Å². The first-order chi connectivity index (χ1) is 11.0. The summed E-state index contributed by atoms with van der Waals surface area (Å²) in [6, 6.07) is 1.70. The summed E-state index contributed by atoms with van der Waals surface area (Å²) in [5, 5.41) is 7.04. The van der Waals surface area contributed by atoms with Crippen LogP contribution in [0.5, 0.6) is 0 Å². The van der Waals surface area contributed by atoms with Crippen LogP contribution in [0.15, 0.2) is 24.7 Å². The van der Waals surface area contributed by atoms with E-state index in [-0.39, 0.29) is 17.7 Å². The zero-order chi connectivity index (χ0) is 16.4. The van der Waals surface area contributed by atoms with E-state index >= 15 is 0 Å². The van der Waals surface area contributed by atoms with Crippen LogP contribution in [0.3, 0.4) is 0 Å². The normalized spacial score (nSPS) is 17.4. The summed E-state index contributed by atoms with van der Waals surface area (Å²) in [6.45, 7) is 2.52. The number of rotatable bonds is 4. The molecule has 1 fully saturated rings. The van der Waals surface area contributed by atoms with Gasteiger partial charge in [0.2, 0.25) is 10.0 Å². The summed E-state index contributed by atoms with van der Waals surface area (Å²) in [7, 11) is -3.15. The third kappa shape index (κ3) is 3.20. The van der Waals surface area contributed by atoms with Gasteiger partial charge in [-0.25, -0.2) is 22.2 Å². The fourth-order valence-electron chi connectivity index (χ4n) is 2.71. The van der Waals surface area contributed by atoms with Crippen LogP contribution in [0, 0.1) is 0 Å². The molecule has 1 saturated heterocycles. The Hall–Kier alpha value is -2.00. The number of fused-ring (bicyclic) bond motifs is 1. The van der Waals surface area contributed by atoms with E-state index in [1.165, 1.54) is 10.5 Å². The van der Waals surface area contributed by atoms with E-state index in [0.717, 1.165) is 0 Å². The summed E-state index contributed by atoms with van der Waals surface area (Å²) in [4.78, 5) is 16.5. The number of nitrogens with zero attached hydrogens (tertiary/aromatic N) is 4. The molecule has 0 radical (unpaired) electrons. The van der Waals surface area contributed by atoms with Crippen LogP contribution in [0.4, 0.5) is 0 Å². The monoisotopic (exact) mass is 337 g/mol. The molecule has 0 aliphatic carbocycles. The standard InChI is InChI=1S/C14H19N5O3S/c1-2-23(21,22)18-8-4-11(5-9-18)17-14(20)12-10-16-19-7-3-6-15-13(12)19/h3,6-7,10-11H,2,4-5,8-9H2,1H3,(H,17,20). The topological polar surface area (TPSA) is 96.7 Å². The maximum Gasteiger partial charge on any atom is 0.256 e. The number of aromatic nitrogens is 3. The maximum absolute atomic E-state index is 12.4. The maximum atomic E-state index is 12.4. The number of sulfonamides is 1. The zero-order valence-electron chi connectivity index (χ0n) is 12.8. The molecule has 23 heavy (non-hydrogen) atoms. The minimum Gasteiger partial charge on any atom is -0.349 e. The SMILES string of the molecule is CCS(=O)(=O)N1CCC(NC(=O)c2cnn3cccnc23)CC1. The van der Waals surface area contributed by atoms with Crippen molar-refractivity contribution in [2.24, 2.45) is 0 Å². The number of carbonyl (C=O) groups excluding carboxylic acids is 1. The molecule has 1 N–H and O–H groups in total. The highest BCUT2D eigenvalue weighted by molar-refractivity contribution is 7.89. The second-order valence-electron chi connectivity index (χ2n) is 5.49. The van der Waals surface area contributed by atoms with Crippen molar-refractivity contribution in [3.63, 3.8) is 0 Å². The molecule has 124 valence electrons. The number of piperidine rings is 1. The lowest BCUT2D eigenvalue weighted by Crippen LogP contribution is -2.46. The fraction of sp³-hybridized carbons (Fsp3) is 0.500. The van der Waals surface area contributed by atoms with Crippen LogP contribution in [0.1, 0.15) is 30.1 Å². The Morgan fingerprint density at radius 1 is 1.39 bits per heavy atom. The second kappa shape index (κ2) is 6.25. The van der Waals surface area contributed by atoms with E-state index in [4.69, 9.17) is 0 Å². The molecular weight excluding hydrogens is 318 g/mol. The zero-order valence-corrected chi connectivity index (χ0v) is 13.7. The van der Waals surface area contributed by atoms with Gasteiger partial charge in [-0.1, -0.05) is 0 Å². The highest BCUT2D eigenvalue weighted by Gasteiger charge is 2.28. The van der Waals surface area contributed by atoms with Gasteiger partial charge in [0.15, 0.2) is 5.65 Å². The number of nitrogens with one attached hydrogen (secondary N) is 1. The van der Waals surface area contributed by atoms with Crippen molar-refractivity contribution in [1.29, 1.82) is 0 Å². The molecular formula is C14H19N5O3S. The van der Waals surface area contributed by atoms with Gasteiger partial charge in [-0.05, 0) is 25.8 Å². The number of carbonyl (C=O) groups is 1. The Balaban J connectivity index is 1.64. The molecule has 2 aromatic rings. The molecule has 0 saturated carbocycles. The third-order valence-electron chi connectivity index (χ3n) is 4.07. The lowest BCUT2D eigenvalue weighted by Gasteiger charge is -2.31. The summed E-state index contributed by atoms with van der Waals surface area (Å²) in [5.41, 5.74) is 0.935. The lowest BCUT2D eigenvalue weighted by atomic mass is 10.1. The van der Waals surface area contributed by atoms with Crippen molar-refractivity contribution in [3.05, 3.63) is 30.2 Å². The molecule has 2 aromatic heterocycles. The molecule has 1 aliphatic rings. The number of amides is 1. The predicted octanol–water partition coefficient (Wildman–Crippen LogP) is 0.273. The van der Waals surface area contributed by atoms with Gasteiger partial charge in [0, 0.05) is 31.5 Å². The molecule has 0 bridgehead atoms. The first-order valence-electron chi connectivity index (χ1n) is 7.58. The highest BCUT2D eigenvalue weighted by Crippen LogP contribution is 2.15. The first kappa shape index (κ1) is 15.9. The molecule has 0 unspecified atom stereocenters. The quantitative estimate of drug-likeness (QED) is 0.864. The van der Waals surface area contributed by atoms with E-state index in [1.807, 2.05) is 0 Å². The Morgan fingerprint density at radius 2 is 2.13 bits per heavy atom. The van der Waals surface area contributed by atoms with Crippen LogP contribution in [-0.2, 0) is 10.0 Å². The van der Waals surface area contributed by atoms with E-state index in [1.54, 1.807) is 29.9 Å². The Kier molecular flexibility index (Phi) is 4.31. The van der Waals surface area contributed by atoms with Crippen LogP contribution >= 0.6 is 0 Å². The van der Waals surface area contributed by atoms with Gasteiger partial charge in [0.05, 0.1) is 11.9 Å². The van der Waals surface area contributed by atoms with Crippen LogP contribution < -0.4 is 5.32 Å². The van der Waals surface area contributed by atoms with Crippen molar-refractivity contribution in [3.8, 4) is 0 Å². The van der Waals surface area contributed by atoms with Crippen molar-refractivity contribution >= 4 is 21.6 Å². The molecule has 8 nitrogen and oxygen atoms in total. The minimum atomic E-state index is -3.15. The smallest absolute Gasteiger partial charge is 0.256 e. The lowest BCUT2D eigenvalue weighted by molar-refractivity contribution is 0.0925. The summed E-state index contributed by atoms with van der Waals surface area (Å²) < 4.78 is 26.7. The Bertz CT molecular complexity index is 809. The molecule has 1 amide bonds. The molecule has 0 spiro atoms. The van der Waals surface area contributed by atoms with Gasteiger partial charge in [-0.3, -0.25) is 4.79 Å². The second-order valence-corrected chi connectivity index (χ2v) is 7.75. The summed E-state index contributed by atoms with van der Waals surface area (Å²) in [5.74, 6) is -0.117. The summed E-state index contributed by atoms with van der Waals surface area (Å²) in [6.07, 6.45) is 6.05. The van der Waals surface area contributed by atoms with Gasteiger partial charge >= 0.3 is 0 Å². The Labute approximate surface area is 134 Å². The fourth-order valence-corrected chi connectivity index (χ4v) is 3.84. The Morgan fingerprint density at radius 3 is 2.83 bits per heavy atom. The van der Waals surface area contributed by atoms with Gasteiger partial charge in [0.1, 0.15) is 5.56 Å². The van der Waals surface area contributed by atoms with E-state index in [2.05, 4.69) is 15.4 Å². The highest BCUT2D eigenvalue weighted by atomic mass is 32.2. The minimum absolute atomic E-state index is 0.0375. The van der Waals surface area contributed by atoms with E-state index in [0.29, 0.717) is 37.1 Å². The molecule has 0 atom stereocenters. The molecule has 1 aliphatic heterocycles. The summed E-state index contributed by atoms with van der Waals surface area (Å²) >= 11 is 0. The third-order valence-corrected chi connectivity index (χ3v) is 5.95. The average molecular weight is 337 g/mol. The molecule has 3 heterocycles. The van der Waals surface area contributed by atoms with Gasteiger partial charge in [-0.2, -0.15) is 5.10 Å². The van der Waals surface area contributed by atoms with Crippen molar-refractivity contribution in [2.75, 3.05) is 18.8 Å². The van der Waals surface area contributed by atoms with Crippen molar-refractivity contribution in [2.45, 2.75) is 25.8 Å². The van der Waals surface area contributed by atoms with E-state index < -0.39 is 10.0 Å². The average Bonchev–Trinajstić information content (AvgIpc) is 2.99. The van der Waals surface area contributed by atoms with Crippen molar-refractivity contribution < 1.29 is 13.2 Å². The molecule has 9 heteroatoms. The van der Waals surface area contributed by atoms with Gasteiger partial charge in [-0.15, -0.1) is 0 Å². The van der Waals surface area contributed by atoms with Crippen molar-refractivity contribution in [1.82, 2.24) is 24.2 Å². The van der Waals surface area contributed by atoms with Gasteiger partial charge in [0.25, 0.3) is 5.91 Å². The van der Waals surface area contributed by atoms with Crippen LogP contribution in [-0.4, -0.2) is 58.1 Å². The van der Waals surface area contributed by atoms with Crippen LogP contribution in [0.2, 0.25) is 0 Å². The largest absolute Gasteiger partial charge is 0.349 e. The number of hydrogen-bond acceptors (Lipinski definition) is 5. The number of hydrogen-bond donors (Lipinski definition) is 1. The molecule has 3 rings (SSSR count). The van der Waals surface area contributed by atoms with Crippen LogP contribution in [0.25, 0.3) is 5.65 Å². The predicted molar refractivity (Wildman–Crippen MR) is 84.5 cm³/mol.